The summed E-state index contributed by atoms with van der Waals surface area (Å²) in [6.07, 6.45) is -1.07. The van der Waals surface area contributed by atoms with Gasteiger partial charge in [0.2, 0.25) is 0 Å². The minimum atomic E-state index is -1.07. The maximum Gasteiger partial charge on any atom is 0.341 e. The molecular weight excluding hydrogens is 342 g/mol. The minimum Gasteiger partial charge on any atom is -0.449 e. The number of nitrogens with one attached hydrogen (secondary N) is 1. The summed E-state index contributed by atoms with van der Waals surface area (Å²) >= 11 is 3.23. The number of nitrogen functional groups attached to an aromatic ring is 1. The molecule has 1 aromatic carbocycles. The van der Waals surface area contributed by atoms with Gasteiger partial charge in [0.25, 0.3) is 5.91 Å². The number of esters is 1. The summed E-state index contributed by atoms with van der Waals surface area (Å²) < 4.78 is 5.75. The Morgan fingerprint density at radius 1 is 1.48 bits per heavy atom. The third-order valence-electron chi connectivity index (χ3n) is 2.99. The number of ether oxygens (including phenoxy) is 1. The van der Waals surface area contributed by atoms with E-state index in [9.17, 15) is 14.4 Å². The summed E-state index contributed by atoms with van der Waals surface area (Å²) in [5.74, 6) is -1.28. The Bertz CT molecular complexity index is 605. The van der Waals surface area contributed by atoms with Crippen LogP contribution in [-0.4, -0.2) is 42.0 Å². The number of imide groups is 1. The van der Waals surface area contributed by atoms with E-state index in [0.29, 0.717) is 11.0 Å². The van der Waals surface area contributed by atoms with Crippen molar-refractivity contribution < 1.29 is 19.1 Å². The van der Waals surface area contributed by atoms with Crippen LogP contribution in [0.3, 0.4) is 0 Å². The Balaban J connectivity index is 2.06. The van der Waals surface area contributed by atoms with Crippen LogP contribution in [0.15, 0.2) is 22.7 Å². The van der Waals surface area contributed by atoms with Gasteiger partial charge in [0.15, 0.2) is 6.10 Å². The second-order valence-corrected chi connectivity index (χ2v) is 5.42. The van der Waals surface area contributed by atoms with Crippen LogP contribution in [0.4, 0.5) is 10.5 Å². The van der Waals surface area contributed by atoms with Gasteiger partial charge in [-0.15, -0.1) is 0 Å². The zero-order valence-electron chi connectivity index (χ0n) is 11.3. The molecule has 8 heteroatoms. The minimum absolute atomic E-state index is 0.162. The Labute approximate surface area is 129 Å². The fourth-order valence-corrected chi connectivity index (χ4v) is 2.24. The van der Waals surface area contributed by atoms with E-state index in [1.165, 1.54) is 13.0 Å². The highest BCUT2D eigenvalue weighted by atomic mass is 79.9. The number of benzene rings is 1. The summed E-state index contributed by atoms with van der Waals surface area (Å²) in [5, 5.41) is 2.51. The van der Waals surface area contributed by atoms with E-state index in [1.807, 2.05) is 0 Å². The molecule has 1 heterocycles. The molecule has 1 aliphatic heterocycles. The second kappa shape index (κ2) is 6.13. The molecule has 1 aromatic rings. The summed E-state index contributed by atoms with van der Waals surface area (Å²) in [6, 6.07) is 4.28. The number of hydrogen-bond acceptors (Lipinski definition) is 5. The predicted molar refractivity (Wildman–Crippen MR) is 78.5 cm³/mol. The van der Waals surface area contributed by atoms with Crippen molar-refractivity contribution in [2.45, 2.75) is 13.0 Å². The number of rotatable bonds is 3. The van der Waals surface area contributed by atoms with E-state index < -0.39 is 24.0 Å². The lowest BCUT2D eigenvalue weighted by Gasteiger charge is -2.18. The standard InChI is InChI=1S/C13H14BrN3O4/c1-7(11(18)17-5-4-16-13(17)20)21-12(19)9-6-8(14)2-3-10(9)15/h2-3,6-7H,4-5,15H2,1H3,(H,16,20)/t7-/m1/s1. The van der Waals surface area contributed by atoms with Crippen LogP contribution >= 0.6 is 15.9 Å². The first-order valence-electron chi connectivity index (χ1n) is 6.25. The van der Waals surface area contributed by atoms with Crippen molar-refractivity contribution in [2.75, 3.05) is 18.8 Å². The van der Waals surface area contributed by atoms with Gasteiger partial charge >= 0.3 is 12.0 Å². The van der Waals surface area contributed by atoms with Crippen molar-refractivity contribution in [3.8, 4) is 0 Å². The number of anilines is 1. The highest BCUT2D eigenvalue weighted by molar-refractivity contribution is 9.10. The number of nitrogens with zero attached hydrogens (tertiary/aromatic N) is 1. The lowest BCUT2D eigenvalue weighted by Crippen LogP contribution is -2.41. The van der Waals surface area contributed by atoms with Crippen LogP contribution in [0.1, 0.15) is 17.3 Å². The van der Waals surface area contributed by atoms with E-state index in [2.05, 4.69) is 21.2 Å². The number of urea groups is 1. The van der Waals surface area contributed by atoms with E-state index in [0.717, 1.165) is 4.90 Å². The molecule has 112 valence electrons. The van der Waals surface area contributed by atoms with Gasteiger partial charge in [-0.2, -0.15) is 0 Å². The molecular formula is C13H14BrN3O4. The van der Waals surface area contributed by atoms with Crippen LogP contribution in [0.2, 0.25) is 0 Å². The molecule has 1 atom stereocenters. The predicted octanol–water partition coefficient (Wildman–Crippen LogP) is 1.13. The number of carbonyl (C=O) groups is 3. The molecule has 21 heavy (non-hydrogen) atoms. The van der Waals surface area contributed by atoms with Crippen LogP contribution < -0.4 is 11.1 Å². The molecule has 0 aliphatic carbocycles. The number of amides is 3. The SMILES string of the molecule is C[C@@H](OC(=O)c1cc(Br)ccc1N)C(=O)N1CCNC1=O. The largest absolute Gasteiger partial charge is 0.449 e. The fourth-order valence-electron chi connectivity index (χ4n) is 1.88. The lowest BCUT2D eigenvalue weighted by atomic mass is 10.2. The highest BCUT2D eigenvalue weighted by Crippen LogP contribution is 2.20. The maximum absolute atomic E-state index is 12.0. The van der Waals surface area contributed by atoms with Crippen LogP contribution in [-0.2, 0) is 9.53 Å². The van der Waals surface area contributed by atoms with Gasteiger partial charge in [-0.25, -0.2) is 9.59 Å². The monoisotopic (exact) mass is 355 g/mol. The Morgan fingerprint density at radius 2 is 2.19 bits per heavy atom. The van der Waals surface area contributed by atoms with Gasteiger partial charge < -0.3 is 15.8 Å². The topological polar surface area (TPSA) is 102 Å². The first-order chi connectivity index (χ1) is 9.90. The average Bonchev–Trinajstić information content (AvgIpc) is 2.86. The zero-order valence-corrected chi connectivity index (χ0v) is 12.8. The van der Waals surface area contributed by atoms with Crippen molar-refractivity contribution in [3.05, 3.63) is 28.2 Å². The molecule has 0 aromatic heterocycles. The van der Waals surface area contributed by atoms with Gasteiger partial charge in [-0.1, -0.05) is 15.9 Å². The molecule has 0 radical (unpaired) electrons. The van der Waals surface area contributed by atoms with E-state index in [1.54, 1.807) is 12.1 Å². The molecule has 1 saturated heterocycles. The maximum atomic E-state index is 12.0. The van der Waals surface area contributed by atoms with E-state index in [-0.39, 0.29) is 17.8 Å². The molecule has 3 amide bonds. The Kier molecular flexibility index (Phi) is 4.46. The average molecular weight is 356 g/mol. The summed E-state index contributed by atoms with van der Waals surface area (Å²) in [7, 11) is 0. The first-order valence-corrected chi connectivity index (χ1v) is 7.04. The number of halogens is 1. The lowest BCUT2D eigenvalue weighted by molar-refractivity contribution is -0.136. The number of hydrogen-bond donors (Lipinski definition) is 2. The van der Waals surface area contributed by atoms with Crippen molar-refractivity contribution in [1.29, 1.82) is 0 Å². The molecule has 1 aliphatic rings. The number of nitrogens with two attached hydrogens (primary N) is 1. The molecule has 0 saturated carbocycles. The van der Waals surface area contributed by atoms with Gasteiger partial charge in [0, 0.05) is 23.2 Å². The molecule has 0 unspecified atom stereocenters. The van der Waals surface area contributed by atoms with Gasteiger partial charge in [-0.3, -0.25) is 9.69 Å². The van der Waals surface area contributed by atoms with E-state index >= 15 is 0 Å². The first kappa shape index (κ1) is 15.3. The normalized spacial score (nSPS) is 15.5. The van der Waals surface area contributed by atoms with Crippen molar-refractivity contribution in [2.24, 2.45) is 0 Å². The third-order valence-corrected chi connectivity index (χ3v) is 3.48. The highest BCUT2D eigenvalue weighted by Gasteiger charge is 2.32. The van der Waals surface area contributed by atoms with Crippen molar-refractivity contribution >= 4 is 39.5 Å². The van der Waals surface area contributed by atoms with Crippen LogP contribution in [0.25, 0.3) is 0 Å². The van der Waals surface area contributed by atoms with Crippen LogP contribution in [0, 0.1) is 0 Å². The molecule has 0 spiro atoms. The van der Waals surface area contributed by atoms with Gasteiger partial charge in [0.05, 0.1) is 5.56 Å². The molecule has 7 nitrogen and oxygen atoms in total. The fraction of sp³-hybridized carbons (Fsp3) is 0.308. The van der Waals surface area contributed by atoms with Crippen LogP contribution in [0.5, 0.6) is 0 Å². The molecule has 2 rings (SSSR count). The Morgan fingerprint density at radius 3 is 2.81 bits per heavy atom. The van der Waals surface area contributed by atoms with Gasteiger partial charge in [0.1, 0.15) is 0 Å². The third kappa shape index (κ3) is 3.33. The quantitative estimate of drug-likeness (QED) is 0.625. The summed E-state index contributed by atoms with van der Waals surface area (Å²) in [5.41, 5.74) is 6.12. The second-order valence-electron chi connectivity index (χ2n) is 4.50. The summed E-state index contributed by atoms with van der Waals surface area (Å²) in [6.45, 7) is 2.07. The molecule has 0 bridgehead atoms. The molecule has 3 N–H and O–H groups in total. The molecule has 1 fully saturated rings. The zero-order chi connectivity index (χ0) is 15.6. The summed E-state index contributed by atoms with van der Waals surface area (Å²) in [4.78, 5) is 36.5. The van der Waals surface area contributed by atoms with Crippen molar-refractivity contribution in [1.82, 2.24) is 10.2 Å². The van der Waals surface area contributed by atoms with Gasteiger partial charge in [-0.05, 0) is 25.1 Å². The number of carbonyl (C=O) groups excluding carboxylic acids is 3. The van der Waals surface area contributed by atoms with E-state index in [4.69, 9.17) is 10.5 Å². The Hall–Kier alpha value is -2.09. The van der Waals surface area contributed by atoms with Crippen molar-refractivity contribution in [3.63, 3.8) is 0 Å². The smallest absolute Gasteiger partial charge is 0.341 e.